The highest BCUT2D eigenvalue weighted by atomic mass is 19.4. The standard InChI is InChI=1S/C20H16F3N3O3/c1-29-16-8-11(2-7-15(16)27)14-9-17(28)25-19-18(14)24-10-26(19)13-5-3-12(4-6-13)20(21,22)23/h2-8,10,14,27H,9H2,1H3,(H,25,28)/t14-/m1/s1. The molecule has 0 fully saturated rings. The monoisotopic (exact) mass is 403 g/mol. The van der Waals surface area contributed by atoms with E-state index in [9.17, 15) is 23.1 Å². The molecule has 2 N–H and O–H groups in total. The minimum Gasteiger partial charge on any atom is -0.504 e. The molecule has 0 bridgehead atoms. The summed E-state index contributed by atoms with van der Waals surface area (Å²) in [6.07, 6.45) is -2.82. The third-order valence-corrected chi connectivity index (χ3v) is 4.85. The van der Waals surface area contributed by atoms with E-state index in [0.29, 0.717) is 17.2 Å². The molecule has 150 valence electrons. The zero-order valence-electron chi connectivity index (χ0n) is 15.2. The number of hydrogen-bond acceptors (Lipinski definition) is 4. The smallest absolute Gasteiger partial charge is 0.416 e. The van der Waals surface area contributed by atoms with E-state index in [1.807, 2.05) is 0 Å². The molecule has 3 aromatic rings. The Balaban J connectivity index is 1.75. The molecule has 0 radical (unpaired) electrons. The lowest BCUT2D eigenvalue weighted by molar-refractivity contribution is -0.137. The molecular formula is C20H16F3N3O3. The van der Waals surface area contributed by atoms with Crippen molar-refractivity contribution in [2.45, 2.75) is 18.5 Å². The molecule has 1 aliphatic rings. The van der Waals surface area contributed by atoms with Crippen LogP contribution in [0.15, 0.2) is 48.8 Å². The Labute approximate surface area is 163 Å². The van der Waals surface area contributed by atoms with Gasteiger partial charge in [0.25, 0.3) is 0 Å². The predicted octanol–water partition coefficient (Wildman–Crippen LogP) is 4.08. The topological polar surface area (TPSA) is 76.4 Å². The van der Waals surface area contributed by atoms with E-state index in [1.54, 1.807) is 12.1 Å². The van der Waals surface area contributed by atoms with Gasteiger partial charge in [-0.3, -0.25) is 9.36 Å². The number of hydrogen-bond donors (Lipinski definition) is 2. The number of phenolic OH excluding ortho intramolecular Hbond substituents is 1. The maximum Gasteiger partial charge on any atom is 0.416 e. The number of fused-ring (bicyclic) bond motifs is 1. The maximum absolute atomic E-state index is 12.8. The average molecular weight is 403 g/mol. The van der Waals surface area contributed by atoms with Gasteiger partial charge in [0, 0.05) is 18.0 Å². The van der Waals surface area contributed by atoms with Crippen molar-refractivity contribution in [3.63, 3.8) is 0 Å². The SMILES string of the molecule is COc1cc([C@H]2CC(=O)Nc3c2ncn3-c2ccc(C(F)(F)F)cc2)ccc1O. The summed E-state index contributed by atoms with van der Waals surface area (Å²) in [4.78, 5) is 16.7. The highest BCUT2D eigenvalue weighted by Crippen LogP contribution is 2.40. The molecule has 0 aliphatic carbocycles. The maximum atomic E-state index is 12.8. The molecule has 1 aromatic heterocycles. The molecule has 1 atom stereocenters. The van der Waals surface area contributed by atoms with E-state index < -0.39 is 11.7 Å². The van der Waals surface area contributed by atoms with Crippen LogP contribution in [0.4, 0.5) is 19.0 Å². The van der Waals surface area contributed by atoms with Crippen LogP contribution in [0, 0.1) is 0 Å². The van der Waals surface area contributed by atoms with Crippen LogP contribution in [-0.2, 0) is 11.0 Å². The van der Waals surface area contributed by atoms with Crippen LogP contribution in [-0.4, -0.2) is 27.7 Å². The van der Waals surface area contributed by atoms with Crippen molar-refractivity contribution in [1.82, 2.24) is 9.55 Å². The Morgan fingerprint density at radius 3 is 2.59 bits per heavy atom. The quantitative estimate of drug-likeness (QED) is 0.691. The van der Waals surface area contributed by atoms with E-state index in [1.165, 1.54) is 36.2 Å². The number of aromatic hydroxyl groups is 1. The molecule has 0 saturated carbocycles. The number of alkyl halides is 3. The number of rotatable bonds is 3. The van der Waals surface area contributed by atoms with Crippen molar-refractivity contribution in [3.05, 3.63) is 65.6 Å². The van der Waals surface area contributed by atoms with Gasteiger partial charge in [-0.05, 0) is 42.0 Å². The van der Waals surface area contributed by atoms with Crippen LogP contribution in [0.3, 0.4) is 0 Å². The van der Waals surface area contributed by atoms with Crippen LogP contribution >= 0.6 is 0 Å². The summed E-state index contributed by atoms with van der Waals surface area (Å²) in [6.45, 7) is 0. The van der Waals surface area contributed by atoms with Gasteiger partial charge in [-0.1, -0.05) is 6.07 Å². The van der Waals surface area contributed by atoms with Crippen LogP contribution in [0.2, 0.25) is 0 Å². The Morgan fingerprint density at radius 1 is 1.21 bits per heavy atom. The van der Waals surface area contributed by atoms with Crippen molar-refractivity contribution in [2.24, 2.45) is 0 Å². The van der Waals surface area contributed by atoms with Crippen molar-refractivity contribution in [1.29, 1.82) is 0 Å². The minimum absolute atomic E-state index is 0.0213. The Kier molecular flexibility index (Phi) is 4.45. The number of imidazole rings is 1. The summed E-state index contributed by atoms with van der Waals surface area (Å²) in [5, 5.41) is 12.6. The largest absolute Gasteiger partial charge is 0.504 e. The van der Waals surface area contributed by atoms with E-state index in [2.05, 4.69) is 10.3 Å². The number of aromatic nitrogens is 2. The summed E-state index contributed by atoms with van der Waals surface area (Å²) in [5.41, 5.74) is 0.995. The molecule has 1 aliphatic heterocycles. The lowest BCUT2D eigenvalue weighted by atomic mass is 9.89. The third kappa shape index (κ3) is 3.39. The van der Waals surface area contributed by atoms with Gasteiger partial charge in [-0.2, -0.15) is 13.2 Å². The van der Waals surface area contributed by atoms with Crippen LogP contribution in [0.5, 0.6) is 11.5 Å². The summed E-state index contributed by atoms with van der Waals surface area (Å²) < 4.78 is 45.1. The molecule has 6 nitrogen and oxygen atoms in total. The molecule has 4 rings (SSSR count). The lowest BCUT2D eigenvalue weighted by Gasteiger charge is -2.24. The number of nitrogens with zero attached hydrogens (tertiary/aromatic N) is 2. The number of methoxy groups -OCH3 is 1. The van der Waals surface area contributed by atoms with Gasteiger partial charge in [0.15, 0.2) is 11.5 Å². The number of carbonyl (C=O) groups excluding carboxylic acids is 1. The summed E-state index contributed by atoms with van der Waals surface area (Å²) in [7, 11) is 1.43. The Hall–Kier alpha value is -3.49. The number of amides is 1. The first-order chi connectivity index (χ1) is 13.8. The fourth-order valence-corrected chi connectivity index (χ4v) is 3.40. The van der Waals surface area contributed by atoms with Gasteiger partial charge in [-0.25, -0.2) is 4.98 Å². The second-order valence-corrected chi connectivity index (χ2v) is 6.63. The van der Waals surface area contributed by atoms with E-state index >= 15 is 0 Å². The zero-order valence-corrected chi connectivity index (χ0v) is 15.2. The highest BCUT2D eigenvalue weighted by Gasteiger charge is 2.32. The fourth-order valence-electron chi connectivity index (χ4n) is 3.40. The van der Waals surface area contributed by atoms with Gasteiger partial charge in [0.1, 0.15) is 12.1 Å². The van der Waals surface area contributed by atoms with Gasteiger partial charge in [-0.15, -0.1) is 0 Å². The molecule has 1 amide bonds. The minimum atomic E-state index is -4.43. The second kappa shape index (κ2) is 6.84. The van der Waals surface area contributed by atoms with Crippen molar-refractivity contribution in [2.75, 3.05) is 12.4 Å². The van der Waals surface area contributed by atoms with Gasteiger partial charge >= 0.3 is 6.18 Å². The molecule has 2 aromatic carbocycles. The number of ether oxygens (including phenoxy) is 1. The molecule has 29 heavy (non-hydrogen) atoms. The number of benzene rings is 2. The van der Waals surface area contributed by atoms with Crippen LogP contribution in [0.25, 0.3) is 5.69 Å². The fraction of sp³-hybridized carbons (Fsp3) is 0.200. The first-order valence-corrected chi connectivity index (χ1v) is 8.69. The molecule has 0 spiro atoms. The highest BCUT2D eigenvalue weighted by molar-refractivity contribution is 5.94. The third-order valence-electron chi connectivity index (χ3n) is 4.85. The van der Waals surface area contributed by atoms with Gasteiger partial charge < -0.3 is 15.2 Å². The number of anilines is 1. The average Bonchev–Trinajstić information content (AvgIpc) is 3.11. The van der Waals surface area contributed by atoms with E-state index in [-0.39, 0.29) is 29.7 Å². The summed E-state index contributed by atoms with van der Waals surface area (Å²) >= 11 is 0. The summed E-state index contributed by atoms with van der Waals surface area (Å²) in [6, 6.07) is 9.41. The van der Waals surface area contributed by atoms with Crippen molar-refractivity contribution >= 4 is 11.7 Å². The number of halogens is 3. The Bertz CT molecular complexity index is 1070. The van der Waals surface area contributed by atoms with Crippen molar-refractivity contribution < 1.29 is 27.8 Å². The number of phenols is 1. The first kappa shape index (κ1) is 18.9. The predicted molar refractivity (Wildman–Crippen MR) is 98.3 cm³/mol. The lowest BCUT2D eigenvalue weighted by Crippen LogP contribution is -2.25. The first-order valence-electron chi connectivity index (χ1n) is 8.69. The van der Waals surface area contributed by atoms with Gasteiger partial charge in [0.05, 0.1) is 18.4 Å². The Morgan fingerprint density at radius 2 is 1.93 bits per heavy atom. The molecular weight excluding hydrogens is 387 g/mol. The van der Waals surface area contributed by atoms with Crippen LogP contribution in [0.1, 0.15) is 29.2 Å². The van der Waals surface area contributed by atoms with Gasteiger partial charge in [0.2, 0.25) is 5.91 Å². The number of nitrogens with one attached hydrogen (secondary N) is 1. The van der Waals surface area contributed by atoms with Crippen molar-refractivity contribution in [3.8, 4) is 17.2 Å². The van der Waals surface area contributed by atoms with E-state index in [0.717, 1.165) is 17.7 Å². The normalized spacial score (nSPS) is 16.3. The summed E-state index contributed by atoms with van der Waals surface area (Å²) in [5.74, 6) is 0.0226. The molecule has 0 unspecified atom stereocenters. The molecule has 9 heteroatoms. The van der Waals surface area contributed by atoms with Crippen LogP contribution < -0.4 is 10.1 Å². The second-order valence-electron chi connectivity index (χ2n) is 6.63. The van der Waals surface area contributed by atoms with E-state index in [4.69, 9.17) is 4.74 Å². The zero-order chi connectivity index (χ0) is 20.8. The molecule has 2 heterocycles. The number of carbonyl (C=O) groups is 1. The molecule has 0 saturated heterocycles.